The van der Waals surface area contributed by atoms with Crippen LogP contribution in [-0.4, -0.2) is 80.4 Å². The van der Waals surface area contributed by atoms with Crippen molar-refractivity contribution in [3.05, 3.63) is 39.4 Å². The van der Waals surface area contributed by atoms with Crippen LogP contribution in [0.1, 0.15) is 29.3 Å². The minimum absolute atomic E-state index is 0.0290. The summed E-state index contributed by atoms with van der Waals surface area (Å²) in [7, 11) is 3.04. The van der Waals surface area contributed by atoms with Crippen LogP contribution in [0.25, 0.3) is 0 Å². The quantitative estimate of drug-likeness (QED) is 0.264. The lowest BCUT2D eigenvalue weighted by atomic mass is 9.54. The van der Waals surface area contributed by atoms with E-state index in [9.17, 15) is 39.6 Å². The number of phenols is 1. The maximum atomic E-state index is 13.6. The number of hydrogen-bond acceptors (Lipinski definition) is 9. The number of phenolic OH excluding ortho intramolecular Hbond substituents is 1. The van der Waals surface area contributed by atoms with Crippen molar-refractivity contribution in [1.82, 2.24) is 4.90 Å². The maximum absolute atomic E-state index is 13.6. The third kappa shape index (κ3) is 2.82. The van der Waals surface area contributed by atoms with Gasteiger partial charge < -0.3 is 31.1 Å². The Morgan fingerprint density at radius 2 is 1.82 bits per heavy atom. The van der Waals surface area contributed by atoms with Crippen LogP contribution in [0.4, 0.5) is 0 Å². The van der Waals surface area contributed by atoms with Crippen LogP contribution in [0.5, 0.6) is 5.75 Å². The monoisotopic (exact) mass is 478 g/mol. The van der Waals surface area contributed by atoms with Crippen LogP contribution in [0.2, 0.25) is 5.02 Å². The van der Waals surface area contributed by atoms with E-state index >= 15 is 0 Å². The first-order valence-corrected chi connectivity index (χ1v) is 10.5. The topological polar surface area (TPSA) is 178 Å². The molecule has 33 heavy (non-hydrogen) atoms. The minimum Gasteiger partial charge on any atom is -0.507 e. The van der Waals surface area contributed by atoms with Crippen molar-refractivity contribution >= 4 is 34.9 Å². The molecule has 0 aliphatic heterocycles. The summed E-state index contributed by atoms with van der Waals surface area (Å²) in [6.45, 7) is 1.29. The van der Waals surface area contributed by atoms with Crippen LogP contribution in [0.15, 0.2) is 23.3 Å². The van der Waals surface area contributed by atoms with Gasteiger partial charge in [-0.1, -0.05) is 11.6 Å². The number of benzene rings is 1. The third-order valence-corrected chi connectivity index (χ3v) is 7.48. The number of ketones is 3. The van der Waals surface area contributed by atoms with E-state index in [1.165, 1.54) is 32.0 Å². The Hall–Kier alpha value is -2.63. The highest BCUT2D eigenvalue weighted by Crippen LogP contribution is 2.54. The molecular formula is C22H23ClN2O8. The van der Waals surface area contributed by atoms with Gasteiger partial charge in [0.2, 0.25) is 17.5 Å². The van der Waals surface area contributed by atoms with E-state index in [2.05, 4.69) is 0 Å². The predicted molar refractivity (Wildman–Crippen MR) is 113 cm³/mol. The number of aliphatic hydroxyl groups excluding tert-OH is 1. The van der Waals surface area contributed by atoms with Crippen molar-refractivity contribution in [1.29, 1.82) is 0 Å². The van der Waals surface area contributed by atoms with E-state index in [0.717, 1.165) is 6.07 Å². The van der Waals surface area contributed by atoms with Gasteiger partial charge in [-0.05, 0) is 45.1 Å². The molecule has 1 aromatic rings. The molecule has 6 atom stereocenters. The molecule has 1 fully saturated rings. The first kappa shape index (κ1) is 23.5. The summed E-state index contributed by atoms with van der Waals surface area (Å²) in [4.78, 5) is 53.6. The lowest BCUT2D eigenvalue weighted by Gasteiger charge is -2.53. The van der Waals surface area contributed by atoms with E-state index in [-0.39, 0.29) is 22.6 Å². The molecule has 176 valence electrons. The van der Waals surface area contributed by atoms with Crippen LogP contribution >= 0.6 is 11.6 Å². The smallest absolute Gasteiger partial charge is 0.230 e. The molecule has 0 spiro atoms. The number of nitrogens with two attached hydrogens (primary N) is 1. The molecule has 6 N–H and O–H groups in total. The number of hydrogen-bond donors (Lipinski definition) is 5. The summed E-state index contributed by atoms with van der Waals surface area (Å²) >= 11 is 6.24. The molecule has 0 saturated heterocycles. The second kappa shape index (κ2) is 7.18. The Labute approximate surface area is 193 Å². The van der Waals surface area contributed by atoms with E-state index < -0.39 is 75.3 Å². The van der Waals surface area contributed by atoms with E-state index in [1.54, 1.807) is 0 Å². The van der Waals surface area contributed by atoms with Crippen LogP contribution in [-0.2, 0) is 20.0 Å². The highest BCUT2D eigenvalue weighted by molar-refractivity contribution is 6.38. The average molecular weight is 479 g/mol. The van der Waals surface area contributed by atoms with Crippen LogP contribution in [0.3, 0.4) is 0 Å². The number of aliphatic hydroxyl groups is 3. The molecule has 6 unspecified atom stereocenters. The van der Waals surface area contributed by atoms with Crippen molar-refractivity contribution < 1.29 is 39.6 Å². The molecule has 1 saturated carbocycles. The van der Waals surface area contributed by atoms with Gasteiger partial charge in [-0.25, -0.2) is 0 Å². The number of halogens is 1. The fourth-order valence-electron chi connectivity index (χ4n) is 5.65. The number of fused-ring (bicyclic) bond motifs is 2. The number of nitrogens with zero attached hydrogens (tertiary/aromatic N) is 1. The summed E-state index contributed by atoms with van der Waals surface area (Å²) in [6.07, 6.45) is -1.99. The molecule has 3 aliphatic carbocycles. The predicted octanol–water partition coefficient (Wildman–Crippen LogP) is -0.959. The Bertz CT molecular complexity index is 1170. The molecule has 1 aromatic carbocycles. The van der Waals surface area contributed by atoms with Gasteiger partial charge >= 0.3 is 0 Å². The molecule has 0 radical (unpaired) electrons. The SMILES string of the molecule is CN(C)C1C(O)C(C(N)=O)C(=O)C2(O)C(=O)C3=C(CC12)C(C)(O)c1c(Cl)ccc(O)c1C3=O. The van der Waals surface area contributed by atoms with Crippen molar-refractivity contribution in [2.45, 2.75) is 36.7 Å². The lowest BCUT2D eigenvalue weighted by Crippen LogP contribution is -2.73. The first-order valence-electron chi connectivity index (χ1n) is 10.2. The highest BCUT2D eigenvalue weighted by atomic mass is 35.5. The van der Waals surface area contributed by atoms with Gasteiger partial charge in [0, 0.05) is 22.5 Å². The second-order valence-electron chi connectivity index (χ2n) is 9.17. The summed E-state index contributed by atoms with van der Waals surface area (Å²) in [5.74, 6) is -8.61. The summed E-state index contributed by atoms with van der Waals surface area (Å²) in [6, 6.07) is 1.31. The largest absolute Gasteiger partial charge is 0.507 e. The Morgan fingerprint density at radius 1 is 1.21 bits per heavy atom. The first-order chi connectivity index (χ1) is 15.2. The number of carbonyl (C=O) groups excluding carboxylic acids is 4. The number of carbonyl (C=O) groups is 4. The van der Waals surface area contributed by atoms with Gasteiger partial charge in [0.05, 0.1) is 17.2 Å². The second-order valence-corrected chi connectivity index (χ2v) is 9.57. The summed E-state index contributed by atoms with van der Waals surface area (Å²) < 4.78 is 0. The zero-order valence-corrected chi connectivity index (χ0v) is 18.8. The fraction of sp³-hybridized carbons (Fsp3) is 0.455. The van der Waals surface area contributed by atoms with Gasteiger partial charge in [0.1, 0.15) is 17.3 Å². The van der Waals surface area contributed by atoms with Gasteiger partial charge in [-0.15, -0.1) is 0 Å². The molecular weight excluding hydrogens is 456 g/mol. The third-order valence-electron chi connectivity index (χ3n) is 7.16. The standard InChI is InChI=1S/C22H23ClN2O8/c1-21(32)7-6-8-15(25(2)3)17(28)13(20(24)31)19(30)22(8,33)18(29)11(7)16(27)12-10(26)5-4-9(23)14(12)21/h4-5,8,13,15,17,26,28,32-33H,6H2,1-3H3,(H2,24,31). The van der Waals surface area contributed by atoms with Crippen molar-refractivity contribution in [2.75, 3.05) is 14.1 Å². The Balaban J connectivity index is 2.01. The molecule has 0 aromatic heterocycles. The number of amides is 1. The van der Waals surface area contributed by atoms with Crippen molar-refractivity contribution in [3.8, 4) is 5.75 Å². The number of likely N-dealkylation sites (N-methyl/N-ethyl adjacent to an activating group) is 1. The zero-order chi connectivity index (χ0) is 24.8. The van der Waals surface area contributed by atoms with Crippen LogP contribution < -0.4 is 5.73 Å². The summed E-state index contributed by atoms with van der Waals surface area (Å²) in [5.41, 5.74) is -0.844. The maximum Gasteiger partial charge on any atom is 0.230 e. The van der Waals surface area contributed by atoms with Gasteiger partial charge in [-0.3, -0.25) is 19.2 Å². The molecule has 10 nitrogen and oxygen atoms in total. The molecule has 1 amide bonds. The Morgan fingerprint density at radius 3 is 2.36 bits per heavy atom. The average Bonchev–Trinajstić information content (AvgIpc) is 2.69. The molecule has 4 rings (SSSR count). The van der Waals surface area contributed by atoms with Crippen molar-refractivity contribution in [3.63, 3.8) is 0 Å². The van der Waals surface area contributed by atoms with E-state index in [4.69, 9.17) is 17.3 Å². The number of rotatable bonds is 2. The normalized spacial score (nSPS) is 35.9. The Kier molecular flexibility index (Phi) is 5.12. The zero-order valence-electron chi connectivity index (χ0n) is 18.0. The van der Waals surface area contributed by atoms with E-state index in [0.29, 0.717) is 0 Å². The number of Topliss-reactive ketones (excluding diaryl/α,β-unsaturated/α-hetero) is 3. The van der Waals surface area contributed by atoms with Gasteiger partial charge in [0.25, 0.3) is 0 Å². The van der Waals surface area contributed by atoms with E-state index in [1.807, 2.05) is 0 Å². The fourth-order valence-corrected chi connectivity index (χ4v) is 5.99. The van der Waals surface area contributed by atoms with Gasteiger partial charge in [0.15, 0.2) is 11.4 Å². The molecule has 3 aliphatic rings. The molecule has 11 heteroatoms. The molecule has 0 heterocycles. The highest BCUT2D eigenvalue weighted by Gasteiger charge is 2.68. The summed E-state index contributed by atoms with van der Waals surface area (Å²) in [5, 5.41) is 44.0. The number of primary amides is 1. The van der Waals surface area contributed by atoms with Crippen LogP contribution in [0, 0.1) is 11.8 Å². The lowest BCUT2D eigenvalue weighted by molar-refractivity contribution is -0.181. The van der Waals surface area contributed by atoms with Crippen molar-refractivity contribution in [2.24, 2.45) is 17.6 Å². The minimum atomic E-state index is -2.86. The number of aromatic hydroxyl groups is 1. The van der Waals surface area contributed by atoms with Gasteiger partial charge in [-0.2, -0.15) is 0 Å². The molecule has 0 bridgehead atoms.